The Morgan fingerprint density at radius 1 is 1.33 bits per heavy atom. The molecular formula is C13H21N3O2. The number of hydrogen-bond acceptors (Lipinski definition) is 3. The average molecular weight is 251 g/mol. The van der Waals surface area contributed by atoms with Gasteiger partial charge in [-0.1, -0.05) is 13.8 Å². The third-order valence-electron chi connectivity index (χ3n) is 3.28. The van der Waals surface area contributed by atoms with Gasteiger partial charge in [-0.15, -0.1) is 0 Å². The molecule has 5 heteroatoms. The quantitative estimate of drug-likeness (QED) is 0.763. The minimum atomic E-state index is -0.896. The highest BCUT2D eigenvalue weighted by atomic mass is 16.2. The van der Waals surface area contributed by atoms with E-state index in [1.54, 1.807) is 6.92 Å². The number of carbonyl (C=O) groups excluding carboxylic acids is 2. The number of hydrogen-bond donors (Lipinski definition) is 2. The zero-order valence-corrected chi connectivity index (χ0v) is 11.2. The summed E-state index contributed by atoms with van der Waals surface area (Å²) in [5.74, 6) is -0.151. The minimum Gasteiger partial charge on any atom is -0.354 e. The highest BCUT2D eigenvalue weighted by Gasteiger charge is 2.45. The van der Waals surface area contributed by atoms with E-state index in [1.807, 2.05) is 13.8 Å². The molecule has 1 unspecified atom stereocenters. The topological polar surface area (TPSA) is 82.0 Å². The molecule has 0 spiro atoms. The van der Waals surface area contributed by atoms with E-state index in [0.29, 0.717) is 25.3 Å². The van der Waals surface area contributed by atoms with E-state index in [4.69, 9.17) is 5.26 Å². The molecule has 0 aliphatic heterocycles. The van der Waals surface area contributed by atoms with Crippen LogP contribution in [0.15, 0.2) is 0 Å². The fraction of sp³-hybridized carbons (Fsp3) is 0.769. The third-order valence-corrected chi connectivity index (χ3v) is 3.28. The second-order valence-corrected chi connectivity index (χ2v) is 5.38. The Morgan fingerprint density at radius 2 is 1.94 bits per heavy atom. The van der Waals surface area contributed by atoms with Crippen LogP contribution < -0.4 is 10.6 Å². The minimum absolute atomic E-state index is 0.204. The van der Waals surface area contributed by atoms with E-state index in [2.05, 4.69) is 16.7 Å². The molecular weight excluding hydrogens is 230 g/mol. The maximum absolute atomic E-state index is 11.9. The van der Waals surface area contributed by atoms with Crippen LogP contribution in [0.4, 0.5) is 0 Å². The fourth-order valence-electron chi connectivity index (χ4n) is 1.78. The fourth-order valence-corrected chi connectivity index (χ4v) is 1.78. The summed E-state index contributed by atoms with van der Waals surface area (Å²) >= 11 is 0. The summed E-state index contributed by atoms with van der Waals surface area (Å²) in [5, 5.41) is 14.4. The Balaban J connectivity index is 2.44. The molecule has 0 saturated heterocycles. The van der Waals surface area contributed by atoms with E-state index in [0.717, 1.165) is 6.42 Å². The molecule has 0 aromatic heterocycles. The summed E-state index contributed by atoms with van der Waals surface area (Å²) in [5.41, 5.74) is -0.896. The van der Waals surface area contributed by atoms with Gasteiger partial charge >= 0.3 is 0 Å². The summed E-state index contributed by atoms with van der Waals surface area (Å²) in [6, 6.07) is 1.47. The molecule has 1 atom stereocenters. The molecule has 1 aliphatic carbocycles. The van der Waals surface area contributed by atoms with Gasteiger partial charge in [0.05, 0.1) is 6.07 Å². The van der Waals surface area contributed by atoms with E-state index in [-0.39, 0.29) is 11.8 Å². The van der Waals surface area contributed by atoms with Crippen LogP contribution in [0, 0.1) is 22.7 Å². The number of amides is 2. The van der Waals surface area contributed by atoms with Crippen molar-refractivity contribution in [1.29, 1.82) is 5.26 Å². The van der Waals surface area contributed by atoms with Crippen LogP contribution in [0.3, 0.4) is 0 Å². The number of rotatable bonds is 5. The lowest BCUT2D eigenvalue weighted by atomic mass is 9.69. The van der Waals surface area contributed by atoms with E-state index in [1.165, 1.54) is 0 Å². The van der Waals surface area contributed by atoms with Crippen LogP contribution in [-0.2, 0) is 9.59 Å². The van der Waals surface area contributed by atoms with Gasteiger partial charge in [-0.25, -0.2) is 0 Å². The van der Waals surface area contributed by atoms with Gasteiger partial charge in [0.1, 0.15) is 11.5 Å². The van der Waals surface area contributed by atoms with Gasteiger partial charge in [0, 0.05) is 6.54 Å². The van der Waals surface area contributed by atoms with E-state index >= 15 is 0 Å². The van der Waals surface area contributed by atoms with Crippen LogP contribution in [0.1, 0.15) is 40.0 Å². The zero-order chi connectivity index (χ0) is 13.8. The Morgan fingerprint density at radius 3 is 2.33 bits per heavy atom. The van der Waals surface area contributed by atoms with Gasteiger partial charge < -0.3 is 10.6 Å². The highest BCUT2D eigenvalue weighted by Crippen LogP contribution is 2.40. The van der Waals surface area contributed by atoms with E-state index < -0.39 is 11.5 Å². The van der Waals surface area contributed by atoms with Crippen molar-refractivity contribution in [2.75, 3.05) is 6.54 Å². The molecule has 1 rings (SSSR count). The molecule has 1 saturated carbocycles. The second-order valence-electron chi connectivity index (χ2n) is 5.38. The van der Waals surface area contributed by atoms with Crippen molar-refractivity contribution in [3.63, 3.8) is 0 Å². The maximum atomic E-state index is 11.9. The number of nitrogens with one attached hydrogen (secondary N) is 2. The lowest BCUT2D eigenvalue weighted by Crippen LogP contribution is -2.52. The molecule has 0 heterocycles. The van der Waals surface area contributed by atoms with E-state index in [9.17, 15) is 9.59 Å². The zero-order valence-electron chi connectivity index (χ0n) is 11.2. The largest absolute Gasteiger partial charge is 0.354 e. The third kappa shape index (κ3) is 3.22. The van der Waals surface area contributed by atoms with Crippen molar-refractivity contribution < 1.29 is 9.59 Å². The molecule has 0 radical (unpaired) electrons. The predicted molar refractivity (Wildman–Crippen MR) is 67.3 cm³/mol. The van der Waals surface area contributed by atoms with Gasteiger partial charge in [-0.05, 0) is 32.1 Å². The van der Waals surface area contributed by atoms with Crippen LogP contribution in [0.2, 0.25) is 0 Å². The predicted octanol–water partition coefficient (Wildman–Crippen LogP) is 0.957. The lowest BCUT2D eigenvalue weighted by Gasteiger charge is -2.34. The molecule has 5 nitrogen and oxygen atoms in total. The molecule has 2 N–H and O–H groups in total. The normalized spacial score (nSPS) is 18.4. The molecule has 100 valence electrons. The van der Waals surface area contributed by atoms with Gasteiger partial charge in [0.15, 0.2) is 0 Å². The first kappa shape index (κ1) is 14.5. The second kappa shape index (κ2) is 5.85. The SMILES string of the molecule is CC(C)CNC(=O)C(C)NC(=O)C1(C#N)CCC1. The standard InChI is InChI=1S/C13H21N3O2/c1-9(2)7-15-11(17)10(3)16-12(18)13(8-14)5-4-6-13/h9-10H,4-7H2,1-3H3,(H,15,17)(H,16,18). The first-order valence-corrected chi connectivity index (χ1v) is 6.41. The summed E-state index contributed by atoms with van der Waals surface area (Å²) in [4.78, 5) is 23.6. The van der Waals surface area contributed by atoms with Crippen LogP contribution >= 0.6 is 0 Å². The Bertz CT molecular complexity index is 367. The average Bonchev–Trinajstić information content (AvgIpc) is 2.24. The Labute approximate surface area is 108 Å². The molecule has 0 aromatic rings. The van der Waals surface area contributed by atoms with Gasteiger partial charge in [0.25, 0.3) is 0 Å². The lowest BCUT2D eigenvalue weighted by molar-refractivity contribution is -0.135. The van der Waals surface area contributed by atoms with Crippen LogP contribution in [0.25, 0.3) is 0 Å². The number of nitrogens with zero attached hydrogens (tertiary/aromatic N) is 1. The molecule has 1 aliphatic rings. The summed E-state index contributed by atoms with van der Waals surface area (Å²) in [6.07, 6.45) is 2.08. The molecule has 0 bridgehead atoms. The molecule has 0 aromatic carbocycles. The van der Waals surface area contributed by atoms with Crippen molar-refractivity contribution in [1.82, 2.24) is 10.6 Å². The summed E-state index contributed by atoms with van der Waals surface area (Å²) in [6.45, 7) is 6.23. The summed E-state index contributed by atoms with van der Waals surface area (Å²) in [7, 11) is 0. The van der Waals surface area contributed by atoms with Crippen molar-refractivity contribution in [2.24, 2.45) is 11.3 Å². The smallest absolute Gasteiger partial charge is 0.242 e. The monoisotopic (exact) mass is 251 g/mol. The first-order valence-electron chi connectivity index (χ1n) is 6.41. The van der Waals surface area contributed by atoms with Crippen molar-refractivity contribution in [3.05, 3.63) is 0 Å². The van der Waals surface area contributed by atoms with Gasteiger partial charge in [0.2, 0.25) is 11.8 Å². The van der Waals surface area contributed by atoms with Crippen molar-refractivity contribution in [3.8, 4) is 6.07 Å². The van der Waals surface area contributed by atoms with Crippen molar-refractivity contribution in [2.45, 2.75) is 46.1 Å². The van der Waals surface area contributed by atoms with Crippen LogP contribution in [-0.4, -0.2) is 24.4 Å². The highest BCUT2D eigenvalue weighted by molar-refractivity contribution is 5.91. The molecule has 1 fully saturated rings. The van der Waals surface area contributed by atoms with Gasteiger partial charge in [-0.2, -0.15) is 5.26 Å². The van der Waals surface area contributed by atoms with Gasteiger partial charge in [-0.3, -0.25) is 9.59 Å². The molecule has 2 amide bonds. The first-order chi connectivity index (χ1) is 8.41. The maximum Gasteiger partial charge on any atom is 0.242 e. The van der Waals surface area contributed by atoms with Crippen LogP contribution in [0.5, 0.6) is 0 Å². The Kier molecular flexibility index (Phi) is 4.71. The number of carbonyl (C=O) groups is 2. The van der Waals surface area contributed by atoms with Crippen molar-refractivity contribution >= 4 is 11.8 Å². The summed E-state index contributed by atoms with van der Waals surface area (Å²) < 4.78 is 0. The molecule has 18 heavy (non-hydrogen) atoms. The Hall–Kier alpha value is -1.57. The number of nitriles is 1.